The highest BCUT2D eigenvalue weighted by Gasteiger charge is 2.17. The van der Waals surface area contributed by atoms with E-state index >= 15 is 0 Å². The summed E-state index contributed by atoms with van der Waals surface area (Å²) in [5, 5.41) is 0.480. The Morgan fingerprint density at radius 2 is 1.94 bits per heavy atom. The number of H-pyrrole nitrogens is 1. The van der Waals surface area contributed by atoms with Gasteiger partial charge in [0.15, 0.2) is 11.5 Å². The van der Waals surface area contributed by atoms with Crippen LogP contribution in [0, 0.1) is 0 Å². The first-order valence-corrected chi connectivity index (χ1v) is 10.5. The number of amides is 1. The van der Waals surface area contributed by atoms with Gasteiger partial charge in [-0.3, -0.25) is 9.59 Å². The molecule has 0 radical (unpaired) electrons. The molecule has 0 atom stereocenters. The summed E-state index contributed by atoms with van der Waals surface area (Å²) in [6.45, 7) is 2.85. The number of nitrogens with one attached hydrogen (secondary N) is 1. The number of aromatic nitrogens is 2. The quantitative estimate of drug-likeness (QED) is 0.482. The molecule has 0 saturated carbocycles. The van der Waals surface area contributed by atoms with Crippen LogP contribution in [0.15, 0.2) is 53.3 Å². The number of fused-ring (bicyclic) bond motifs is 1. The van der Waals surface area contributed by atoms with Gasteiger partial charge in [0, 0.05) is 12.1 Å². The number of carbonyl (C=O) groups excluding carboxylic acids is 1. The van der Waals surface area contributed by atoms with Gasteiger partial charge in [-0.1, -0.05) is 18.2 Å². The van der Waals surface area contributed by atoms with Crippen molar-refractivity contribution >= 4 is 22.9 Å². The standard InChI is InChI=1S/C24H25F2N3O4/c1-4-32-20-13-16(9-11-19(20)33-24(25)26)10-12-22(30)29(15(2)3)14-21-27-18-8-6-5-7-17(18)23(31)28-21/h5-13,15,24H,4,14H2,1-3H3,(H,27,28,31)/b12-10+. The molecule has 0 spiro atoms. The van der Waals surface area contributed by atoms with Crippen molar-refractivity contribution in [2.24, 2.45) is 0 Å². The first-order chi connectivity index (χ1) is 15.8. The minimum absolute atomic E-state index is 0.0783. The number of alkyl halides is 2. The molecule has 7 nitrogen and oxygen atoms in total. The molecule has 0 aliphatic heterocycles. The van der Waals surface area contributed by atoms with Crippen LogP contribution in [0.25, 0.3) is 17.0 Å². The van der Waals surface area contributed by atoms with E-state index in [-0.39, 0.29) is 42.2 Å². The van der Waals surface area contributed by atoms with Crippen LogP contribution in [-0.4, -0.2) is 40.0 Å². The minimum Gasteiger partial charge on any atom is -0.490 e. The van der Waals surface area contributed by atoms with E-state index in [0.29, 0.717) is 22.3 Å². The maximum absolute atomic E-state index is 12.9. The van der Waals surface area contributed by atoms with Gasteiger partial charge in [-0.05, 0) is 56.7 Å². The molecule has 0 saturated heterocycles. The van der Waals surface area contributed by atoms with E-state index in [9.17, 15) is 18.4 Å². The van der Waals surface area contributed by atoms with Crippen LogP contribution in [-0.2, 0) is 11.3 Å². The largest absolute Gasteiger partial charge is 0.490 e. The van der Waals surface area contributed by atoms with E-state index in [1.165, 1.54) is 18.2 Å². The van der Waals surface area contributed by atoms with E-state index in [2.05, 4.69) is 14.7 Å². The number of hydrogen-bond donors (Lipinski definition) is 1. The van der Waals surface area contributed by atoms with Gasteiger partial charge < -0.3 is 19.4 Å². The van der Waals surface area contributed by atoms with Gasteiger partial charge in [0.25, 0.3) is 5.56 Å². The van der Waals surface area contributed by atoms with E-state index in [1.807, 2.05) is 13.8 Å². The molecule has 0 aliphatic rings. The Morgan fingerprint density at radius 1 is 1.18 bits per heavy atom. The van der Waals surface area contributed by atoms with Crippen molar-refractivity contribution in [1.82, 2.24) is 14.9 Å². The third-order valence-electron chi connectivity index (χ3n) is 4.79. The number of hydrogen-bond acceptors (Lipinski definition) is 5. The predicted octanol–water partition coefficient (Wildman–Crippen LogP) is 4.37. The number of ether oxygens (including phenoxy) is 2. The third-order valence-corrected chi connectivity index (χ3v) is 4.79. The molecule has 0 bridgehead atoms. The monoisotopic (exact) mass is 457 g/mol. The molecule has 1 amide bonds. The molecule has 9 heteroatoms. The number of aromatic amines is 1. The van der Waals surface area contributed by atoms with Gasteiger partial charge in [0.05, 0.1) is 24.1 Å². The average molecular weight is 457 g/mol. The minimum atomic E-state index is -2.97. The number of para-hydroxylation sites is 1. The fraction of sp³-hybridized carbons (Fsp3) is 0.292. The molecule has 3 aromatic rings. The molecular weight excluding hydrogens is 432 g/mol. The van der Waals surface area contributed by atoms with Crippen LogP contribution in [0.1, 0.15) is 32.2 Å². The lowest BCUT2D eigenvalue weighted by atomic mass is 10.1. The first kappa shape index (κ1) is 23.9. The Hall–Kier alpha value is -3.75. The normalized spacial score (nSPS) is 11.5. The summed E-state index contributed by atoms with van der Waals surface area (Å²) in [4.78, 5) is 34.0. The average Bonchev–Trinajstić information content (AvgIpc) is 2.77. The molecular formula is C24H25F2N3O4. The Bertz CT molecular complexity index is 1210. The second kappa shape index (κ2) is 10.7. The molecule has 174 valence electrons. The molecule has 1 aromatic heterocycles. The number of rotatable bonds is 9. The fourth-order valence-electron chi connectivity index (χ4n) is 3.24. The summed E-state index contributed by atoms with van der Waals surface area (Å²) in [5.41, 5.74) is 0.865. The summed E-state index contributed by atoms with van der Waals surface area (Å²) in [6, 6.07) is 11.3. The highest BCUT2D eigenvalue weighted by molar-refractivity contribution is 5.92. The fourth-order valence-corrected chi connectivity index (χ4v) is 3.24. The Balaban J connectivity index is 1.80. The van der Waals surface area contributed by atoms with E-state index < -0.39 is 6.61 Å². The van der Waals surface area contributed by atoms with Crippen LogP contribution in [0.4, 0.5) is 8.78 Å². The predicted molar refractivity (Wildman–Crippen MR) is 121 cm³/mol. The van der Waals surface area contributed by atoms with Gasteiger partial charge in [-0.15, -0.1) is 0 Å². The van der Waals surface area contributed by atoms with Crippen molar-refractivity contribution < 1.29 is 23.0 Å². The molecule has 0 unspecified atom stereocenters. The summed E-state index contributed by atoms with van der Waals surface area (Å²) >= 11 is 0. The lowest BCUT2D eigenvalue weighted by molar-refractivity contribution is -0.128. The van der Waals surface area contributed by atoms with Crippen LogP contribution in [0.3, 0.4) is 0 Å². The number of nitrogens with zero attached hydrogens (tertiary/aromatic N) is 2. The van der Waals surface area contributed by atoms with Gasteiger partial charge in [0.1, 0.15) is 5.82 Å². The van der Waals surface area contributed by atoms with Gasteiger partial charge >= 0.3 is 6.61 Å². The van der Waals surface area contributed by atoms with Crippen molar-refractivity contribution in [3.63, 3.8) is 0 Å². The lowest BCUT2D eigenvalue weighted by Crippen LogP contribution is -2.36. The van der Waals surface area contributed by atoms with Crippen molar-refractivity contribution in [3.8, 4) is 11.5 Å². The first-order valence-electron chi connectivity index (χ1n) is 10.5. The maximum atomic E-state index is 12.9. The van der Waals surface area contributed by atoms with Crippen molar-refractivity contribution in [3.05, 3.63) is 70.3 Å². The molecule has 2 aromatic carbocycles. The second-order valence-corrected chi connectivity index (χ2v) is 7.44. The smallest absolute Gasteiger partial charge is 0.387 e. The highest BCUT2D eigenvalue weighted by Crippen LogP contribution is 2.30. The van der Waals surface area contributed by atoms with Crippen molar-refractivity contribution in [1.29, 1.82) is 0 Å². The molecule has 0 fully saturated rings. The van der Waals surface area contributed by atoms with Gasteiger partial charge in [-0.2, -0.15) is 8.78 Å². The summed E-state index contributed by atoms with van der Waals surface area (Å²) in [6.07, 6.45) is 2.93. The molecule has 1 N–H and O–H groups in total. The molecule has 1 heterocycles. The van der Waals surface area contributed by atoms with Crippen LogP contribution in [0.2, 0.25) is 0 Å². The van der Waals surface area contributed by atoms with Crippen molar-refractivity contribution in [2.75, 3.05) is 6.61 Å². The topological polar surface area (TPSA) is 84.5 Å². The van der Waals surface area contributed by atoms with Crippen LogP contribution in [0.5, 0.6) is 11.5 Å². The second-order valence-electron chi connectivity index (χ2n) is 7.44. The number of carbonyl (C=O) groups is 1. The summed E-state index contributed by atoms with van der Waals surface area (Å²) in [7, 11) is 0. The van der Waals surface area contributed by atoms with E-state index in [1.54, 1.807) is 48.2 Å². The lowest BCUT2D eigenvalue weighted by Gasteiger charge is -2.25. The maximum Gasteiger partial charge on any atom is 0.387 e. The molecule has 0 aliphatic carbocycles. The van der Waals surface area contributed by atoms with Crippen LogP contribution < -0.4 is 15.0 Å². The molecule has 33 heavy (non-hydrogen) atoms. The third kappa shape index (κ3) is 6.15. The zero-order valence-corrected chi connectivity index (χ0v) is 18.5. The number of benzene rings is 2. The summed E-state index contributed by atoms with van der Waals surface area (Å²) in [5.74, 6) is 0.157. The highest BCUT2D eigenvalue weighted by atomic mass is 19.3. The van der Waals surface area contributed by atoms with E-state index in [0.717, 1.165) is 0 Å². The Labute approximate surface area is 189 Å². The summed E-state index contributed by atoms with van der Waals surface area (Å²) < 4.78 is 35.0. The van der Waals surface area contributed by atoms with Gasteiger partial charge in [-0.25, -0.2) is 4.98 Å². The Morgan fingerprint density at radius 3 is 2.64 bits per heavy atom. The van der Waals surface area contributed by atoms with Crippen molar-refractivity contribution in [2.45, 2.75) is 40.0 Å². The zero-order chi connectivity index (χ0) is 24.0. The SMILES string of the molecule is CCOc1cc(/C=C/C(=O)N(Cc2nc3ccccc3c(=O)[nH]2)C(C)C)ccc1OC(F)F. The Kier molecular flexibility index (Phi) is 7.76. The van der Waals surface area contributed by atoms with E-state index in [4.69, 9.17) is 4.74 Å². The van der Waals surface area contributed by atoms with Gasteiger partial charge in [0.2, 0.25) is 5.91 Å². The molecule has 3 rings (SSSR count). The zero-order valence-electron chi connectivity index (χ0n) is 18.5. The number of halogens is 2. The van der Waals surface area contributed by atoms with Crippen LogP contribution >= 0.6 is 0 Å².